The number of nitrogens with zero attached hydrogens (tertiary/aromatic N) is 1. The molecular formula is C32H27NO5. The SMILES string of the molecule is COc1ccc(-n2c(-c3ccc(C)cc3)c(O)c3c(C(=O)C(=O)c4ccc(C)cc4)c(OC)ccc32)cc1. The van der Waals surface area contributed by atoms with E-state index in [1.807, 2.05) is 66.9 Å². The molecule has 0 saturated carbocycles. The van der Waals surface area contributed by atoms with E-state index in [2.05, 4.69) is 0 Å². The first-order valence-electron chi connectivity index (χ1n) is 12.2. The number of fused-ring (bicyclic) bond motifs is 1. The Bertz CT molecular complexity index is 1660. The van der Waals surface area contributed by atoms with E-state index in [9.17, 15) is 14.7 Å². The summed E-state index contributed by atoms with van der Waals surface area (Å²) in [5.41, 5.74) is 4.90. The third-order valence-corrected chi connectivity index (χ3v) is 6.69. The van der Waals surface area contributed by atoms with Crippen molar-refractivity contribution in [3.8, 4) is 34.2 Å². The highest BCUT2D eigenvalue weighted by molar-refractivity contribution is 6.51. The van der Waals surface area contributed by atoms with Gasteiger partial charge in [-0.1, -0.05) is 59.7 Å². The van der Waals surface area contributed by atoms with E-state index in [0.29, 0.717) is 17.0 Å². The van der Waals surface area contributed by atoms with Crippen LogP contribution < -0.4 is 9.47 Å². The van der Waals surface area contributed by atoms with Crippen molar-refractivity contribution in [2.75, 3.05) is 14.2 Å². The first-order valence-corrected chi connectivity index (χ1v) is 12.2. The number of hydrogen-bond acceptors (Lipinski definition) is 5. The van der Waals surface area contributed by atoms with Crippen molar-refractivity contribution in [2.45, 2.75) is 13.8 Å². The number of aromatic nitrogens is 1. The molecule has 5 rings (SSSR count). The Morgan fingerprint density at radius 2 is 1.32 bits per heavy atom. The van der Waals surface area contributed by atoms with Crippen LogP contribution in [0.1, 0.15) is 31.8 Å². The van der Waals surface area contributed by atoms with E-state index >= 15 is 0 Å². The van der Waals surface area contributed by atoms with Gasteiger partial charge in [-0.2, -0.15) is 0 Å². The van der Waals surface area contributed by atoms with Gasteiger partial charge in [0.15, 0.2) is 0 Å². The van der Waals surface area contributed by atoms with Crippen molar-refractivity contribution < 1.29 is 24.2 Å². The average Bonchev–Trinajstić information content (AvgIpc) is 3.24. The van der Waals surface area contributed by atoms with Crippen LogP contribution in [0.5, 0.6) is 17.2 Å². The van der Waals surface area contributed by atoms with Gasteiger partial charge in [-0.25, -0.2) is 0 Å². The Morgan fingerprint density at radius 3 is 1.89 bits per heavy atom. The lowest BCUT2D eigenvalue weighted by atomic mass is 9.96. The van der Waals surface area contributed by atoms with Crippen molar-refractivity contribution in [3.63, 3.8) is 0 Å². The van der Waals surface area contributed by atoms with Crippen LogP contribution in [0.15, 0.2) is 84.9 Å². The summed E-state index contributed by atoms with van der Waals surface area (Å²) in [5, 5.41) is 12.0. The smallest absolute Gasteiger partial charge is 0.238 e. The number of Topliss-reactive ketones (excluding diaryl/α,β-unsaturated/α-hetero) is 2. The molecule has 6 heteroatoms. The molecule has 0 aliphatic carbocycles. The summed E-state index contributed by atoms with van der Waals surface area (Å²) in [7, 11) is 3.03. The molecule has 0 aliphatic heterocycles. The summed E-state index contributed by atoms with van der Waals surface area (Å²) in [6, 6.07) is 25.4. The molecule has 38 heavy (non-hydrogen) atoms. The third-order valence-electron chi connectivity index (χ3n) is 6.69. The summed E-state index contributed by atoms with van der Waals surface area (Å²) >= 11 is 0. The second-order valence-electron chi connectivity index (χ2n) is 9.16. The van der Waals surface area contributed by atoms with Crippen LogP contribution in [0, 0.1) is 13.8 Å². The van der Waals surface area contributed by atoms with Crippen LogP contribution in [0.3, 0.4) is 0 Å². The number of benzene rings is 4. The summed E-state index contributed by atoms with van der Waals surface area (Å²) in [5.74, 6) is -0.648. The molecule has 1 heterocycles. The molecule has 0 amide bonds. The van der Waals surface area contributed by atoms with Crippen LogP contribution in [0.25, 0.3) is 27.8 Å². The minimum Gasteiger partial charge on any atom is -0.505 e. The van der Waals surface area contributed by atoms with E-state index in [1.165, 1.54) is 7.11 Å². The fraction of sp³-hybridized carbons (Fsp3) is 0.125. The maximum absolute atomic E-state index is 13.7. The number of carbonyl (C=O) groups is 2. The van der Waals surface area contributed by atoms with Crippen LogP contribution in [-0.4, -0.2) is 35.5 Å². The zero-order chi connectivity index (χ0) is 27.0. The van der Waals surface area contributed by atoms with Gasteiger partial charge < -0.3 is 19.1 Å². The number of rotatable bonds is 7. The topological polar surface area (TPSA) is 77.8 Å². The van der Waals surface area contributed by atoms with Gasteiger partial charge in [-0.05, 0) is 50.2 Å². The molecule has 0 unspecified atom stereocenters. The van der Waals surface area contributed by atoms with Crippen molar-refractivity contribution in [2.24, 2.45) is 0 Å². The molecule has 1 aromatic heterocycles. The molecule has 4 aromatic carbocycles. The zero-order valence-electron chi connectivity index (χ0n) is 21.6. The lowest BCUT2D eigenvalue weighted by Crippen LogP contribution is -2.16. The largest absolute Gasteiger partial charge is 0.505 e. The molecule has 190 valence electrons. The highest BCUT2D eigenvalue weighted by Crippen LogP contribution is 2.45. The van der Waals surface area contributed by atoms with Gasteiger partial charge in [0, 0.05) is 16.8 Å². The van der Waals surface area contributed by atoms with Crippen LogP contribution in [0.4, 0.5) is 0 Å². The number of aryl methyl sites for hydroxylation is 2. The number of ether oxygens (including phenoxy) is 2. The fourth-order valence-electron chi connectivity index (χ4n) is 4.67. The third kappa shape index (κ3) is 4.20. The molecule has 0 aliphatic rings. The quantitative estimate of drug-likeness (QED) is 0.197. The normalized spacial score (nSPS) is 10.9. The second-order valence-corrected chi connectivity index (χ2v) is 9.16. The Balaban J connectivity index is 1.82. The molecular weight excluding hydrogens is 478 g/mol. The molecule has 0 spiro atoms. The number of hydrogen-bond donors (Lipinski definition) is 1. The van der Waals surface area contributed by atoms with Crippen molar-refractivity contribution in [1.82, 2.24) is 4.57 Å². The van der Waals surface area contributed by atoms with Gasteiger partial charge in [-0.3, -0.25) is 9.59 Å². The molecule has 0 saturated heterocycles. The van der Waals surface area contributed by atoms with Gasteiger partial charge in [0.2, 0.25) is 11.6 Å². The molecule has 0 bridgehead atoms. The monoisotopic (exact) mass is 505 g/mol. The van der Waals surface area contributed by atoms with Gasteiger partial charge in [0.05, 0.1) is 36.4 Å². The zero-order valence-corrected chi connectivity index (χ0v) is 21.6. The van der Waals surface area contributed by atoms with Gasteiger partial charge in [0.25, 0.3) is 0 Å². The van der Waals surface area contributed by atoms with Gasteiger partial charge in [-0.15, -0.1) is 0 Å². The minimum atomic E-state index is -0.756. The molecule has 0 radical (unpaired) electrons. The number of methoxy groups -OCH3 is 2. The van der Waals surface area contributed by atoms with Crippen molar-refractivity contribution in [3.05, 3.63) is 107 Å². The maximum Gasteiger partial charge on any atom is 0.238 e. The number of ketones is 2. The predicted octanol–water partition coefficient (Wildman–Crippen LogP) is 6.70. The first kappa shape index (κ1) is 24.8. The highest BCUT2D eigenvalue weighted by atomic mass is 16.5. The highest BCUT2D eigenvalue weighted by Gasteiger charge is 2.30. The molecule has 0 atom stereocenters. The Labute approximate surface area is 220 Å². The molecule has 0 fully saturated rings. The number of carbonyl (C=O) groups excluding carboxylic acids is 2. The molecule has 6 nitrogen and oxygen atoms in total. The van der Waals surface area contributed by atoms with Crippen LogP contribution >= 0.6 is 0 Å². The van der Waals surface area contributed by atoms with E-state index in [0.717, 1.165) is 22.4 Å². The minimum absolute atomic E-state index is 0.0219. The Morgan fingerprint density at radius 1 is 0.711 bits per heavy atom. The summed E-state index contributed by atoms with van der Waals surface area (Å²) in [4.78, 5) is 27.0. The van der Waals surface area contributed by atoms with Gasteiger partial charge >= 0.3 is 0 Å². The Hall–Kier alpha value is -4.84. The summed E-state index contributed by atoms with van der Waals surface area (Å²) < 4.78 is 12.7. The van der Waals surface area contributed by atoms with Crippen molar-refractivity contribution in [1.29, 1.82) is 0 Å². The maximum atomic E-state index is 13.7. The van der Waals surface area contributed by atoms with Gasteiger partial charge in [0.1, 0.15) is 17.2 Å². The summed E-state index contributed by atoms with van der Waals surface area (Å²) in [6.45, 7) is 3.90. The van der Waals surface area contributed by atoms with E-state index in [1.54, 1.807) is 43.5 Å². The first-order chi connectivity index (χ1) is 18.3. The molecule has 5 aromatic rings. The molecule has 1 N–H and O–H groups in total. The second kappa shape index (κ2) is 9.90. The lowest BCUT2D eigenvalue weighted by Gasteiger charge is -2.13. The van der Waals surface area contributed by atoms with E-state index < -0.39 is 11.6 Å². The van der Waals surface area contributed by atoms with E-state index in [-0.39, 0.29) is 28.0 Å². The van der Waals surface area contributed by atoms with E-state index in [4.69, 9.17) is 9.47 Å². The Kier molecular flexibility index (Phi) is 6.47. The average molecular weight is 506 g/mol. The van der Waals surface area contributed by atoms with Crippen LogP contribution in [0.2, 0.25) is 0 Å². The van der Waals surface area contributed by atoms with Crippen molar-refractivity contribution >= 4 is 22.5 Å². The van der Waals surface area contributed by atoms with Crippen LogP contribution in [-0.2, 0) is 0 Å². The fourth-order valence-corrected chi connectivity index (χ4v) is 4.67. The number of aromatic hydroxyl groups is 1. The predicted molar refractivity (Wildman–Crippen MR) is 148 cm³/mol. The standard InChI is InChI=1S/C32H27NO5/c1-19-5-9-21(10-6-19)29-31(35)27-25(33(29)23-13-15-24(37-3)16-14-23)17-18-26(38-4)28(27)32(36)30(34)22-11-7-20(2)8-12-22/h5-18,35H,1-4H3. The summed E-state index contributed by atoms with van der Waals surface area (Å²) in [6.07, 6.45) is 0. The lowest BCUT2D eigenvalue weighted by molar-refractivity contribution is 0.0816.